The first-order chi connectivity index (χ1) is 9.50. The highest BCUT2D eigenvalue weighted by molar-refractivity contribution is 9.26. The van der Waals surface area contributed by atoms with E-state index in [0.717, 1.165) is 0 Å². The summed E-state index contributed by atoms with van der Waals surface area (Å²) in [6.45, 7) is 0. The molecule has 0 N–H and O–H groups in total. The molecule has 1 heterocycles. The maximum Gasteiger partial charge on any atom is 0.00454 e. The van der Waals surface area contributed by atoms with Crippen LogP contribution in [-0.4, -0.2) is 5.75 Å². The Hall–Kier alpha value is 0.880. The van der Waals surface area contributed by atoms with Gasteiger partial charge in [0.05, 0.1) is 0 Å². The van der Waals surface area contributed by atoms with Crippen molar-refractivity contribution in [1.82, 2.24) is 0 Å². The molecule has 4 heteroatoms. The van der Waals surface area contributed by atoms with Gasteiger partial charge in [-0.1, -0.05) is 84.8 Å². The fraction of sp³-hybridized carbons (Fsp3) is 0.733. The van der Waals surface area contributed by atoms with E-state index in [2.05, 4.69) is 23.6 Å². The summed E-state index contributed by atoms with van der Waals surface area (Å²) in [6.07, 6.45) is 20.7. The van der Waals surface area contributed by atoms with Crippen molar-refractivity contribution in [2.45, 2.75) is 64.2 Å². The van der Waals surface area contributed by atoms with Crippen LogP contribution < -0.4 is 0 Å². The summed E-state index contributed by atoms with van der Waals surface area (Å²) < 4.78 is 0. The molecule has 0 saturated heterocycles. The topological polar surface area (TPSA) is 0 Å². The highest BCUT2D eigenvalue weighted by atomic mass is 33.7. The molecular formula is C15H26S4. The van der Waals surface area contributed by atoms with Gasteiger partial charge in [0, 0.05) is 5.75 Å². The van der Waals surface area contributed by atoms with Crippen molar-refractivity contribution in [2.24, 2.45) is 0 Å². The molecule has 0 saturated carbocycles. The van der Waals surface area contributed by atoms with E-state index in [1.54, 1.807) is 0 Å². The number of rotatable bonds is 0. The van der Waals surface area contributed by atoms with Crippen LogP contribution >= 0.6 is 41.2 Å². The van der Waals surface area contributed by atoms with Crippen LogP contribution in [0.25, 0.3) is 0 Å². The summed E-state index contributed by atoms with van der Waals surface area (Å²) in [6, 6.07) is 0. The first-order valence-corrected chi connectivity index (χ1v) is 12.5. The van der Waals surface area contributed by atoms with Crippen molar-refractivity contribution in [3.8, 4) is 0 Å². The minimum absolute atomic E-state index is 1.24. The molecule has 0 amide bonds. The van der Waals surface area contributed by atoms with Crippen molar-refractivity contribution in [3.63, 3.8) is 0 Å². The molecule has 0 atom stereocenters. The number of hydrogen-bond donors (Lipinski definition) is 0. The van der Waals surface area contributed by atoms with Crippen LogP contribution in [-0.2, 0) is 0 Å². The fourth-order valence-electron chi connectivity index (χ4n) is 2.01. The highest BCUT2D eigenvalue weighted by Crippen LogP contribution is 2.43. The normalized spacial score (nSPS) is 25.7. The third-order valence-electron chi connectivity index (χ3n) is 3.09. The Morgan fingerprint density at radius 1 is 0.632 bits per heavy atom. The summed E-state index contributed by atoms with van der Waals surface area (Å²) in [5.74, 6) is 1.31. The monoisotopic (exact) mass is 334 g/mol. The Kier molecular flexibility index (Phi) is 14.4. The second-order valence-electron chi connectivity index (χ2n) is 4.78. The largest absolute Gasteiger partial charge is 0.0845 e. The Morgan fingerprint density at radius 3 is 2.11 bits per heavy atom. The molecule has 0 aromatic carbocycles. The van der Waals surface area contributed by atoms with Crippen LogP contribution in [0.3, 0.4) is 0 Å². The van der Waals surface area contributed by atoms with Crippen LogP contribution in [0, 0.1) is 0 Å². The summed E-state index contributed by atoms with van der Waals surface area (Å²) in [5.41, 5.74) is 0. The third kappa shape index (κ3) is 13.6. The standard InChI is InChI=1S/C15H26S4/c1-2-4-6-8-10-12-14-16-18-19-17-15-13-11-9-7-5-3-1/h8,10,12,14H,1-7,9,11,13,15H2/b10-8-,14-12+. The summed E-state index contributed by atoms with van der Waals surface area (Å²) in [5, 5.41) is 2.18. The molecule has 0 aromatic heterocycles. The molecule has 1 rings (SSSR count). The van der Waals surface area contributed by atoms with Crippen LogP contribution in [0.2, 0.25) is 0 Å². The molecule has 0 bridgehead atoms. The summed E-state index contributed by atoms with van der Waals surface area (Å²) in [7, 11) is 7.63. The maximum absolute atomic E-state index is 2.30. The van der Waals surface area contributed by atoms with Crippen molar-refractivity contribution in [3.05, 3.63) is 23.6 Å². The number of hydrogen-bond acceptors (Lipinski definition) is 4. The average Bonchev–Trinajstić information content (AvgIpc) is 2.43. The van der Waals surface area contributed by atoms with Gasteiger partial charge in [-0.25, -0.2) is 0 Å². The van der Waals surface area contributed by atoms with Crippen LogP contribution in [0.1, 0.15) is 64.2 Å². The highest BCUT2D eigenvalue weighted by Gasteiger charge is 1.94. The van der Waals surface area contributed by atoms with Gasteiger partial charge in [-0.05, 0) is 44.3 Å². The Morgan fingerprint density at radius 2 is 1.32 bits per heavy atom. The second kappa shape index (κ2) is 15.3. The number of allylic oxidation sites excluding steroid dienone is 3. The predicted octanol–water partition coefficient (Wildman–Crippen LogP) is 7.65. The first kappa shape index (κ1) is 17.9. The van der Waals surface area contributed by atoms with E-state index in [4.69, 9.17) is 0 Å². The van der Waals surface area contributed by atoms with Gasteiger partial charge < -0.3 is 0 Å². The fourth-order valence-corrected chi connectivity index (χ4v) is 7.36. The van der Waals surface area contributed by atoms with E-state index >= 15 is 0 Å². The summed E-state index contributed by atoms with van der Waals surface area (Å²) >= 11 is 0. The van der Waals surface area contributed by atoms with Gasteiger partial charge in [-0.15, -0.1) is 0 Å². The van der Waals surface area contributed by atoms with Gasteiger partial charge in [0.25, 0.3) is 0 Å². The average molecular weight is 335 g/mol. The van der Waals surface area contributed by atoms with E-state index in [9.17, 15) is 0 Å². The smallest absolute Gasteiger partial charge is 0.00454 e. The van der Waals surface area contributed by atoms with Crippen LogP contribution in [0.5, 0.6) is 0 Å². The van der Waals surface area contributed by atoms with E-state index in [-0.39, 0.29) is 0 Å². The minimum atomic E-state index is 1.24. The lowest BCUT2D eigenvalue weighted by molar-refractivity contribution is 0.567. The molecule has 0 fully saturated rings. The molecule has 19 heavy (non-hydrogen) atoms. The molecule has 0 radical (unpaired) electrons. The lowest BCUT2D eigenvalue weighted by Gasteiger charge is -2.02. The molecule has 0 nitrogen and oxygen atoms in total. The van der Waals surface area contributed by atoms with Gasteiger partial charge in [0.15, 0.2) is 0 Å². The zero-order valence-corrected chi connectivity index (χ0v) is 15.0. The minimum Gasteiger partial charge on any atom is -0.0845 e. The zero-order valence-electron chi connectivity index (χ0n) is 11.7. The van der Waals surface area contributed by atoms with E-state index in [1.807, 2.05) is 41.2 Å². The van der Waals surface area contributed by atoms with Gasteiger partial charge in [-0.2, -0.15) is 0 Å². The van der Waals surface area contributed by atoms with Gasteiger partial charge in [0.1, 0.15) is 0 Å². The Labute approximate surface area is 134 Å². The zero-order chi connectivity index (χ0) is 13.4. The molecule has 0 aliphatic carbocycles. The molecule has 0 aromatic rings. The van der Waals surface area contributed by atoms with Crippen LogP contribution in [0.4, 0.5) is 0 Å². The molecule has 1 aliphatic heterocycles. The summed E-state index contributed by atoms with van der Waals surface area (Å²) in [4.78, 5) is 0. The van der Waals surface area contributed by atoms with Crippen molar-refractivity contribution < 1.29 is 0 Å². The molecule has 0 unspecified atom stereocenters. The van der Waals surface area contributed by atoms with E-state index in [1.165, 1.54) is 70.0 Å². The maximum atomic E-state index is 2.30. The molecule has 110 valence electrons. The third-order valence-corrected chi connectivity index (χ3v) is 9.15. The van der Waals surface area contributed by atoms with Crippen LogP contribution in [0.15, 0.2) is 23.6 Å². The van der Waals surface area contributed by atoms with E-state index in [0.29, 0.717) is 0 Å². The lowest BCUT2D eigenvalue weighted by Crippen LogP contribution is -1.82. The Bertz CT molecular complexity index is 214. The predicted molar refractivity (Wildman–Crippen MR) is 99.7 cm³/mol. The van der Waals surface area contributed by atoms with Gasteiger partial charge >= 0.3 is 0 Å². The van der Waals surface area contributed by atoms with Gasteiger partial charge in [-0.3, -0.25) is 0 Å². The molecular weight excluding hydrogens is 308 g/mol. The van der Waals surface area contributed by atoms with Gasteiger partial charge in [0.2, 0.25) is 0 Å². The lowest BCUT2D eigenvalue weighted by atomic mass is 10.1. The Balaban J connectivity index is 2.12. The van der Waals surface area contributed by atoms with Crippen molar-refractivity contribution >= 4 is 41.2 Å². The molecule has 0 spiro atoms. The van der Waals surface area contributed by atoms with Crippen molar-refractivity contribution in [2.75, 3.05) is 5.75 Å². The van der Waals surface area contributed by atoms with Crippen molar-refractivity contribution in [1.29, 1.82) is 0 Å². The van der Waals surface area contributed by atoms with E-state index < -0.39 is 0 Å². The SMILES string of the molecule is C1=C\CCCCCCCCCCCSSSS/C=C/1. The first-order valence-electron chi connectivity index (χ1n) is 7.43. The quantitative estimate of drug-likeness (QED) is 0.417. The second-order valence-corrected chi connectivity index (χ2v) is 10.7. The molecule has 1 aliphatic rings.